The van der Waals surface area contributed by atoms with Crippen LogP contribution in [0.25, 0.3) is 17.1 Å². The van der Waals surface area contributed by atoms with Crippen molar-refractivity contribution in [3.05, 3.63) is 67.1 Å². The SMILES string of the molecule is O=c1[nH]c(-c2ccc(I)cc2)nn1-c1cc(CNCC(F)(F)F)ccc1Cl. The highest BCUT2D eigenvalue weighted by Crippen LogP contribution is 2.22. The molecule has 0 spiro atoms. The second kappa shape index (κ2) is 8.03. The molecule has 10 heteroatoms. The van der Waals surface area contributed by atoms with Crippen molar-refractivity contribution >= 4 is 34.2 Å². The van der Waals surface area contributed by atoms with E-state index >= 15 is 0 Å². The molecule has 0 saturated carbocycles. The van der Waals surface area contributed by atoms with Crippen molar-refractivity contribution in [2.45, 2.75) is 12.7 Å². The zero-order valence-electron chi connectivity index (χ0n) is 13.6. The lowest BCUT2D eigenvalue weighted by Crippen LogP contribution is -2.28. The average Bonchev–Trinajstić information content (AvgIpc) is 2.97. The number of rotatable bonds is 5. The molecule has 5 nitrogen and oxygen atoms in total. The molecule has 0 aliphatic rings. The molecular formula is C17H13ClF3IN4O. The first kappa shape index (κ1) is 19.9. The van der Waals surface area contributed by atoms with Gasteiger partial charge in [-0.05, 0) is 52.4 Å². The van der Waals surface area contributed by atoms with Gasteiger partial charge in [-0.15, -0.1) is 5.10 Å². The fraction of sp³-hybridized carbons (Fsp3) is 0.176. The number of aromatic nitrogens is 3. The van der Waals surface area contributed by atoms with E-state index in [1.54, 1.807) is 6.07 Å². The standard InChI is InChI=1S/C17H13ClF3IN4O/c18-13-6-1-10(8-23-9-17(19,20)21)7-14(13)26-16(27)24-15(25-26)11-2-4-12(22)5-3-11/h1-7,23H,8-9H2,(H,24,25,27). The third-order valence-corrected chi connectivity index (χ3v) is 4.67. The summed E-state index contributed by atoms with van der Waals surface area (Å²) in [5, 5.41) is 6.83. The fourth-order valence-electron chi connectivity index (χ4n) is 2.40. The van der Waals surface area contributed by atoms with E-state index in [4.69, 9.17) is 11.6 Å². The van der Waals surface area contributed by atoms with Crippen LogP contribution in [0, 0.1) is 3.57 Å². The Balaban J connectivity index is 1.88. The van der Waals surface area contributed by atoms with Gasteiger partial charge in [-0.2, -0.15) is 17.9 Å². The number of halogens is 5. The van der Waals surface area contributed by atoms with Gasteiger partial charge in [-0.3, -0.25) is 4.98 Å². The number of benzene rings is 2. The lowest BCUT2D eigenvalue weighted by Gasteiger charge is -2.10. The van der Waals surface area contributed by atoms with E-state index in [9.17, 15) is 18.0 Å². The van der Waals surface area contributed by atoms with Gasteiger partial charge in [0.15, 0.2) is 5.82 Å². The lowest BCUT2D eigenvalue weighted by atomic mass is 10.2. The lowest BCUT2D eigenvalue weighted by molar-refractivity contribution is -0.125. The van der Waals surface area contributed by atoms with Crippen LogP contribution in [0.15, 0.2) is 47.3 Å². The summed E-state index contributed by atoms with van der Waals surface area (Å²) >= 11 is 8.34. The monoisotopic (exact) mass is 508 g/mol. The number of H-pyrrole nitrogens is 1. The first-order valence-corrected chi connectivity index (χ1v) is 9.20. The first-order valence-electron chi connectivity index (χ1n) is 7.74. The van der Waals surface area contributed by atoms with Gasteiger partial charge in [0.25, 0.3) is 0 Å². The van der Waals surface area contributed by atoms with E-state index in [-0.39, 0.29) is 11.6 Å². The molecule has 0 fully saturated rings. The highest BCUT2D eigenvalue weighted by Gasteiger charge is 2.26. The van der Waals surface area contributed by atoms with Crippen LogP contribution >= 0.6 is 34.2 Å². The molecule has 0 bridgehead atoms. The minimum absolute atomic E-state index is 0.0210. The van der Waals surface area contributed by atoms with E-state index in [0.29, 0.717) is 17.1 Å². The van der Waals surface area contributed by atoms with E-state index < -0.39 is 18.4 Å². The van der Waals surface area contributed by atoms with Crippen LogP contribution < -0.4 is 11.0 Å². The Morgan fingerprint density at radius 1 is 1.19 bits per heavy atom. The maximum Gasteiger partial charge on any atom is 0.401 e. The number of hydrogen-bond donors (Lipinski definition) is 2. The third-order valence-electron chi connectivity index (χ3n) is 3.63. The zero-order chi connectivity index (χ0) is 19.6. The van der Waals surface area contributed by atoms with Crippen molar-refractivity contribution in [1.82, 2.24) is 20.1 Å². The molecule has 0 radical (unpaired) electrons. The number of aromatic amines is 1. The summed E-state index contributed by atoms with van der Waals surface area (Å²) in [5.41, 5.74) is 1.07. The van der Waals surface area contributed by atoms with Gasteiger partial charge < -0.3 is 5.32 Å². The first-order chi connectivity index (χ1) is 12.7. The molecule has 142 valence electrons. The number of nitrogens with zero attached hydrogens (tertiary/aromatic N) is 2. The van der Waals surface area contributed by atoms with Gasteiger partial charge in [0.05, 0.1) is 17.3 Å². The van der Waals surface area contributed by atoms with Crippen molar-refractivity contribution in [3.63, 3.8) is 0 Å². The summed E-state index contributed by atoms with van der Waals surface area (Å²) in [6, 6.07) is 12.1. The molecule has 27 heavy (non-hydrogen) atoms. The molecule has 0 aliphatic carbocycles. The average molecular weight is 509 g/mol. The van der Waals surface area contributed by atoms with Crippen LogP contribution in [0.5, 0.6) is 0 Å². The molecule has 1 heterocycles. The Kier molecular flexibility index (Phi) is 5.92. The summed E-state index contributed by atoms with van der Waals surface area (Å²) in [7, 11) is 0. The van der Waals surface area contributed by atoms with Gasteiger partial charge in [0, 0.05) is 15.7 Å². The molecule has 0 saturated heterocycles. The highest BCUT2D eigenvalue weighted by molar-refractivity contribution is 14.1. The quantitative estimate of drug-likeness (QED) is 0.510. The zero-order valence-corrected chi connectivity index (χ0v) is 16.6. The van der Waals surface area contributed by atoms with Crippen LogP contribution in [0.2, 0.25) is 5.02 Å². The molecule has 0 unspecified atom stereocenters. The summed E-state index contributed by atoms with van der Waals surface area (Å²) in [6.45, 7) is -1.13. The second-order valence-corrected chi connectivity index (χ2v) is 7.35. The highest BCUT2D eigenvalue weighted by atomic mass is 127. The maximum absolute atomic E-state index is 12.3. The van der Waals surface area contributed by atoms with Crippen LogP contribution in [0.1, 0.15) is 5.56 Å². The summed E-state index contributed by atoms with van der Waals surface area (Å²) in [4.78, 5) is 15.0. The number of alkyl halides is 3. The Hall–Kier alpha value is -1.85. The van der Waals surface area contributed by atoms with Crippen molar-refractivity contribution < 1.29 is 13.2 Å². The van der Waals surface area contributed by atoms with Crippen molar-refractivity contribution in [3.8, 4) is 17.1 Å². The van der Waals surface area contributed by atoms with Crippen molar-refractivity contribution in [1.29, 1.82) is 0 Å². The van der Waals surface area contributed by atoms with Crippen LogP contribution in [0.3, 0.4) is 0 Å². The van der Waals surface area contributed by atoms with Gasteiger partial charge >= 0.3 is 11.9 Å². The smallest absolute Gasteiger partial charge is 0.305 e. The molecule has 0 atom stereocenters. The molecule has 3 rings (SSSR count). The van der Waals surface area contributed by atoms with Crippen molar-refractivity contribution in [2.24, 2.45) is 0 Å². The predicted octanol–water partition coefficient (Wildman–Crippen LogP) is 4.14. The second-order valence-electron chi connectivity index (χ2n) is 5.70. The Morgan fingerprint density at radius 3 is 2.56 bits per heavy atom. The largest absolute Gasteiger partial charge is 0.401 e. The topological polar surface area (TPSA) is 62.7 Å². The minimum atomic E-state index is -4.29. The van der Waals surface area contributed by atoms with Crippen LogP contribution in [0.4, 0.5) is 13.2 Å². The van der Waals surface area contributed by atoms with E-state index in [1.807, 2.05) is 24.3 Å². The Labute approximate surface area is 170 Å². The molecule has 0 aliphatic heterocycles. The summed E-state index contributed by atoms with van der Waals surface area (Å²) in [5.74, 6) is 0.369. The maximum atomic E-state index is 12.3. The normalized spacial score (nSPS) is 11.7. The van der Waals surface area contributed by atoms with E-state index in [1.165, 1.54) is 12.1 Å². The van der Waals surface area contributed by atoms with Gasteiger partial charge in [0.1, 0.15) is 0 Å². The van der Waals surface area contributed by atoms with Crippen LogP contribution in [-0.2, 0) is 6.54 Å². The third kappa shape index (κ3) is 5.11. The molecule has 1 aromatic heterocycles. The number of nitrogens with one attached hydrogen (secondary N) is 2. The molecule has 0 amide bonds. The molecular weight excluding hydrogens is 496 g/mol. The summed E-state index contributed by atoms with van der Waals surface area (Å²) in [6.07, 6.45) is -4.29. The van der Waals surface area contributed by atoms with Gasteiger partial charge in [-0.1, -0.05) is 29.8 Å². The van der Waals surface area contributed by atoms with Crippen LogP contribution in [-0.4, -0.2) is 27.5 Å². The van der Waals surface area contributed by atoms with E-state index in [2.05, 4.69) is 38.0 Å². The Morgan fingerprint density at radius 2 is 1.89 bits per heavy atom. The van der Waals surface area contributed by atoms with Crippen molar-refractivity contribution in [2.75, 3.05) is 6.54 Å². The van der Waals surface area contributed by atoms with E-state index in [0.717, 1.165) is 13.8 Å². The number of hydrogen-bond acceptors (Lipinski definition) is 3. The summed E-state index contributed by atoms with van der Waals surface area (Å²) < 4.78 is 38.9. The fourth-order valence-corrected chi connectivity index (χ4v) is 2.96. The minimum Gasteiger partial charge on any atom is -0.305 e. The van der Waals surface area contributed by atoms with Gasteiger partial charge in [-0.25, -0.2) is 4.79 Å². The molecule has 3 aromatic rings. The Bertz CT molecular complexity index is 999. The molecule has 2 N–H and O–H groups in total. The predicted molar refractivity (Wildman–Crippen MR) is 105 cm³/mol. The van der Waals surface area contributed by atoms with Gasteiger partial charge in [0.2, 0.25) is 0 Å². The molecule has 2 aromatic carbocycles.